The molecule has 0 fully saturated rings. The Bertz CT molecular complexity index is 698. The molecule has 2 aromatic rings. The summed E-state index contributed by atoms with van der Waals surface area (Å²) in [4.78, 5) is 3.93. The van der Waals surface area contributed by atoms with Crippen molar-refractivity contribution >= 4 is 31.6 Å². The van der Waals surface area contributed by atoms with E-state index in [0.717, 1.165) is 23.7 Å². The number of halogens is 1. The largest absolute Gasteiger partial charge is 0.336 e. The molecule has 0 amide bonds. The van der Waals surface area contributed by atoms with Crippen molar-refractivity contribution in [3.05, 3.63) is 42.4 Å². The number of hydrogen-bond acceptors (Lipinski definition) is 3. The van der Waals surface area contributed by atoms with Crippen molar-refractivity contribution in [2.75, 3.05) is 10.1 Å². The maximum Gasteiger partial charge on any atom is 0.280 e. The average Bonchev–Trinajstić information content (AvgIpc) is 2.95. The van der Waals surface area contributed by atoms with Crippen LogP contribution in [-0.4, -0.2) is 23.3 Å². The molecule has 5 nitrogen and oxygen atoms in total. The highest BCUT2D eigenvalue weighted by atomic mass is 79.9. The molecule has 0 spiro atoms. The Labute approximate surface area is 133 Å². The Balaban J connectivity index is 2.16. The normalized spacial score (nSPS) is 11.5. The van der Waals surface area contributed by atoms with E-state index in [-0.39, 0.29) is 5.03 Å². The summed E-state index contributed by atoms with van der Waals surface area (Å²) in [5.74, 6) is 0. The number of sulfonamides is 1. The first-order valence-electron chi connectivity index (χ1n) is 6.74. The number of rotatable bonds is 7. The molecule has 0 aliphatic carbocycles. The molecule has 1 aromatic carbocycles. The van der Waals surface area contributed by atoms with Gasteiger partial charge in [-0.2, -0.15) is 8.42 Å². The zero-order chi connectivity index (χ0) is 15.3. The van der Waals surface area contributed by atoms with E-state index in [2.05, 4.69) is 25.6 Å². The van der Waals surface area contributed by atoms with E-state index in [4.69, 9.17) is 0 Å². The third kappa shape index (κ3) is 4.31. The van der Waals surface area contributed by atoms with Crippen molar-refractivity contribution in [1.29, 1.82) is 0 Å². The third-order valence-electron chi connectivity index (χ3n) is 3.03. The van der Waals surface area contributed by atoms with Crippen LogP contribution in [0.4, 0.5) is 5.69 Å². The number of anilines is 1. The number of aryl methyl sites for hydroxylation is 2. The van der Waals surface area contributed by atoms with Gasteiger partial charge in [0.1, 0.15) is 0 Å². The molecule has 7 heteroatoms. The van der Waals surface area contributed by atoms with Crippen LogP contribution in [0.5, 0.6) is 0 Å². The van der Waals surface area contributed by atoms with Crippen molar-refractivity contribution < 1.29 is 8.42 Å². The molecule has 1 aromatic heterocycles. The van der Waals surface area contributed by atoms with Crippen LogP contribution in [0.15, 0.2) is 41.8 Å². The van der Waals surface area contributed by atoms with Gasteiger partial charge in [-0.25, -0.2) is 4.98 Å². The number of nitrogens with one attached hydrogen (secondary N) is 1. The van der Waals surface area contributed by atoms with Crippen molar-refractivity contribution in [3.8, 4) is 0 Å². The molecule has 2 rings (SSSR count). The van der Waals surface area contributed by atoms with Gasteiger partial charge in [0.15, 0.2) is 5.03 Å². The summed E-state index contributed by atoms with van der Waals surface area (Å²) in [6, 6.07) is 7.45. The van der Waals surface area contributed by atoms with E-state index in [1.807, 2.05) is 25.1 Å². The van der Waals surface area contributed by atoms with Gasteiger partial charge in [-0.15, -0.1) is 0 Å². The van der Waals surface area contributed by atoms with Crippen molar-refractivity contribution in [1.82, 2.24) is 9.55 Å². The number of nitrogens with zero attached hydrogens (tertiary/aromatic N) is 2. The lowest BCUT2D eigenvalue weighted by atomic mass is 10.1. The van der Waals surface area contributed by atoms with Crippen molar-refractivity contribution in [2.45, 2.75) is 31.3 Å². The first-order chi connectivity index (χ1) is 10.0. The fourth-order valence-corrected chi connectivity index (χ4v) is 3.20. The highest BCUT2D eigenvalue weighted by molar-refractivity contribution is 9.09. The number of imidazole rings is 1. The van der Waals surface area contributed by atoms with Crippen LogP contribution in [-0.2, 0) is 23.0 Å². The smallest absolute Gasteiger partial charge is 0.280 e. The SMILES string of the molecule is CCn1cnc(S(=O)(=O)Nc2cccc(CCCBr)c2)c1. The topological polar surface area (TPSA) is 64.0 Å². The van der Waals surface area contributed by atoms with Gasteiger partial charge in [0.2, 0.25) is 0 Å². The molecule has 21 heavy (non-hydrogen) atoms. The second-order valence-corrected chi connectivity index (χ2v) is 7.06. The summed E-state index contributed by atoms with van der Waals surface area (Å²) in [5, 5.41) is 0.965. The van der Waals surface area contributed by atoms with Gasteiger partial charge in [0, 0.05) is 23.8 Å². The second kappa shape index (κ2) is 7.09. The van der Waals surface area contributed by atoms with Crippen LogP contribution in [0, 0.1) is 0 Å². The Hall–Kier alpha value is -1.34. The zero-order valence-electron chi connectivity index (χ0n) is 11.8. The maximum atomic E-state index is 12.3. The lowest BCUT2D eigenvalue weighted by Crippen LogP contribution is -2.13. The zero-order valence-corrected chi connectivity index (χ0v) is 14.2. The quantitative estimate of drug-likeness (QED) is 0.760. The van der Waals surface area contributed by atoms with Gasteiger partial charge in [-0.05, 0) is 37.5 Å². The third-order valence-corrected chi connectivity index (χ3v) is 4.85. The van der Waals surface area contributed by atoms with E-state index in [1.54, 1.807) is 10.6 Å². The number of hydrogen-bond donors (Lipinski definition) is 1. The standard InChI is InChI=1S/C14H18BrN3O2S/c1-2-18-10-14(16-11-18)21(19,20)17-13-7-3-5-12(9-13)6-4-8-15/h3,5,7,9-11,17H,2,4,6,8H2,1H3. The molecule has 0 unspecified atom stereocenters. The molecule has 1 heterocycles. The molecular weight excluding hydrogens is 354 g/mol. The lowest BCUT2D eigenvalue weighted by molar-refractivity contribution is 0.598. The molecule has 0 bridgehead atoms. The van der Waals surface area contributed by atoms with Crippen molar-refractivity contribution in [2.24, 2.45) is 0 Å². The summed E-state index contributed by atoms with van der Waals surface area (Å²) in [5.41, 5.74) is 1.67. The molecule has 0 aliphatic rings. The maximum absolute atomic E-state index is 12.3. The Morgan fingerprint density at radius 1 is 1.38 bits per heavy atom. The van der Waals surface area contributed by atoms with Gasteiger partial charge in [-0.1, -0.05) is 28.1 Å². The molecule has 0 radical (unpaired) electrons. The Kier molecular flexibility index (Phi) is 5.41. The number of aromatic nitrogens is 2. The lowest BCUT2D eigenvalue weighted by Gasteiger charge is -2.07. The van der Waals surface area contributed by atoms with Gasteiger partial charge in [-0.3, -0.25) is 4.72 Å². The first-order valence-corrected chi connectivity index (χ1v) is 9.35. The molecular formula is C14H18BrN3O2S. The monoisotopic (exact) mass is 371 g/mol. The fourth-order valence-electron chi connectivity index (χ4n) is 1.92. The minimum atomic E-state index is -3.63. The molecule has 0 aliphatic heterocycles. The highest BCUT2D eigenvalue weighted by Crippen LogP contribution is 2.17. The van der Waals surface area contributed by atoms with E-state index < -0.39 is 10.0 Å². The first kappa shape index (κ1) is 16.0. The van der Waals surface area contributed by atoms with E-state index in [0.29, 0.717) is 12.2 Å². The molecule has 1 N–H and O–H groups in total. The molecule has 0 saturated carbocycles. The van der Waals surface area contributed by atoms with Crippen LogP contribution in [0.2, 0.25) is 0 Å². The van der Waals surface area contributed by atoms with Crippen LogP contribution < -0.4 is 4.72 Å². The van der Waals surface area contributed by atoms with E-state index in [1.165, 1.54) is 12.5 Å². The summed E-state index contributed by atoms with van der Waals surface area (Å²) in [7, 11) is -3.63. The summed E-state index contributed by atoms with van der Waals surface area (Å²) in [6.45, 7) is 2.61. The predicted octanol–water partition coefficient (Wildman–Crippen LogP) is 3.03. The number of benzene rings is 1. The Morgan fingerprint density at radius 3 is 2.86 bits per heavy atom. The average molecular weight is 372 g/mol. The second-order valence-electron chi connectivity index (χ2n) is 4.64. The van der Waals surface area contributed by atoms with E-state index in [9.17, 15) is 8.42 Å². The van der Waals surface area contributed by atoms with Crippen LogP contribution in [0.3, 0.4) is 0 Å². The Morgan fingerprint density at radius 2 is 2.19 bits per heavy atom. The van der Waals surface area contributed by atoms with Crippen LogP contribution in [0.25, 0.3) is 0 Å². The number of alkyl halides is 1. The fraction of sp³-hybridized carbons (Fsp3) is 0.357. The van der Waals surface area contributed by atoms with Gasteiger partial charge >= 0.3 is 0 Å². The van der Waals surface area contributed by atoms with Crippen LogP contribution in [0.1, 0.15) is 18.9 Å². The minimum Gasteiger partial charge on any atom is -0.336 e. The summed E-state index contributed by atoms with van der Waals surface area (Å²) < 4.78 is 28.8. The molecule has 0 atom stereocenters. The summed E-state index contributed by atoms with van der Waals surface area (Å²) in [6.07, 6.45) is 4.96. The van der Waals surface area contributed by atoms with E-state index >= 15 is 0 Å². The predicted molar refractivity (Wildman–Crippen MR) is 87.3 cm³/mol. The highest BCUT2D eigenvalue weighted by Gasteiger charge is 2.17. The van der Waals surface area contributed by atoms with Crippen molar-refractivity contribution in [3.63, 3.8) is 0 Å². The molecule has 0 saturated heterocycles. The van der Waals surface area contributed by atoms with Gasteiger partial charge < -0.3 is 4.57 Å². The minimum absolute atomic E-state index is 0.0372. The van der Waals surface area contributed by atoms with Gasteiger partial charge in [0.05, 0.1) is 6.33 Å². The van der Waals surface area contributed by atoms with Crippen LogP contribution >= 0.6 is 15.9 Å². The molecule has 114 valence electrons. The van der Waals surface area contributed by atoms with Gasteiger partial charge in [0.25, 0.3) is 10.0 Å². The summed E-state index contributed by atoms with van der Waals surface area (Å²) >= 11 is 3.39.